The van der Waals surface area contributed by atoms with Crippen LogP contribution in [0.4, 0.5) is 5.69 Å². The van der Waals surface area contributed by atoms with Crippen LogP contribution in [0.2, 0.25) is 5.02 Å². The van der Waals surface area contributed by atoms with E-state index in [4.69, 9.17) is 11.6 Å². The van der Waals surface area contributed by atoms with E-state index in [1.807, 2.05) is 0 Å². The molecule has 0 aromatic heterocycles. The Balaban J connectivity index is 2.02. The average Bonchev–Trinajstić information content (AvgIpc) is 2.66. The molecular formula is C18H18ClN3O5S. The summed E-state index contributed by atoms with van der Waals surface area (Å²) in [7, 11) is -2.40. The largest absolute Gasteiger partial charge is 0.465 e. The van der Waals surface area contributed by atoms with Gasteiger partial charge < -0.3 is 4.74 Å². The SMILES string of the molecule is COC(=O)c1ccc(/C=N\NC(=O)CN(c2ccc(Cl)cc2)S(C)(=O)=O)cc1. The van der Waals surface area contributed by atoms with Crippen LogP contribution in [0.25, 0.3) is 0 Å². The van der Waals surface area contributed by atoms with Gasteiger partial charge in [-0.2, -0.15) is 5.10 Å². The van der Waals surface area contributed by atoms with Gasteiger partial charge in [0.15, 0.2) is 0 Å². The van der Waals surface area contributed by atoms with Gasteiger partial charge in [0.25, 0.3) is 5.91 Å². The first-order valence-electron chi connectivity index (χ1n) is 7.94. The first kappa shape index (κ1) is 21.4. The molecule has 28 heavy (non-hydrogen) atoms. The minimum absolute atomic E-state index is 0.310. The number of sulfonamides is 1. The summed E-state index contributed by atoms with van der Waals surface area (Å²) in [4.78, 5) is 23.5. The minimum atomic E-state index is -3.68. The van der Waals surface area contributed by atoms with E-state index in [0.717, 1.165) is 10.6 Å². The van der Waals surface area contributed by atoms with Gasteiger partial charge in [-0.05, 0) is 42.0 Å². The van der Waals surface area contributed by atoms with E-state index in [0.29, 0.717) is 21.8 Å². The van der Waals surface area contributed by atoms with Gasteiger partial charge in [0, 0.05) is 5.02 Å². The lowest BCUT2D eigenvalue weighted by atomic mass is 10.1. The van der Waals surface area contributed by atoms with Crippen molar-refractivity contribution < 1.29 is 22.7 Å². The zero-order valence-electron chi connectivity index (χ0n) is 15.1. The number of benzene rings is 2. The number of rotatable bonds is 7. The molecule has 0 saturated carbocycles. The molecule has 0 bridgehead atoms. The predicted molar refractivity (Wildman–Crippen MR) is 107 cm³/mol. The first-order valence-corrected chi connectivity index (χ1v) is 10.2. The molecule has 0 unspecified atom stereocenters. The number of carbonyl (C=O) groups excluding carboxylic acids is 2. The molecule has 0 radical (unpaired) electrons. The van der Waals surface area contributed by atoms with Crippen LogP contribution < -0.4 is 9.73 Å². The molecule has 0 aliphatic carbocycles. The van der Waals surface area contributed by atoms with E-state index < -0.39 is 28.4 Å². The average molecular weight is 424 g/mol. The Morgan fingerprint density at radius 3 is 2.29 bits per heavy atom. The highest BCUT2D eigenvalue weighted by molar-refractivity contribution is 7.92. The van der Waals surface area contributed by atoms with Crippen molar-refractivity contribution in [2.24, 2.45) is 5.10 Å². The first-order chi connectivity index (χ1) is 13.2. The van der Waals surface area contributed by atoms with Gasteiger partial charge >= 0.3 is 5.97 Å². The summed E-state index contributed by atoms with van der Waals surface area (Å²) in [5, 5.41) is 4.24. The Morgan fingerprint density at radius 2 is 1.75 bits per heavy atom. The fraction of sp³-hybridized carbons (Fsp3) is 0.167. The van der Waals surface area contributed by atoms with Crippen LogP contribution in [0.1, 0.15) is 15.9 Å². The maximum atomic E-state index is 12.1. The van der Waals surface area contributed by atoms with Crippen LogP contribution >= 0.6 is 11.6 Å². The van der Waals surface area contributed by atoms with Gasteiger partial charge in [0.2, 0.25) is 10.0 Å². The third-order valence-electron chi connectivity index (χ3n) is 3.54. The number of halogens is 1. The number of ether oxygens (including phenoxy) is 1. The summed E-state index contributed by atoms with van der Waals surface area (Å²) < 4.78 is 29.5. The van der Waals surface area contributed by atoms with Crippen molar-refractivity contribution in [2.45, 2.75) is 0 Å². The number of anilines is 1. The minimum Gasteiger partial charge on any atom is -0.465 e. The van der Waals surface area contributed by atoms with E-state index in [1.165, 1.54) is 37.6 Å². The summed E-state index contributed by atoms with van der Waals surface area (Å²) in [6.45, 7) is -0.445. The standard InChI is InChI=1S/C18H18ClN3O5S/c1-27-18(24)14-5-3-13(4-6-14)11-20-21-17(23)12-22(28(2,25)26)16-9-7-15(19)8-10-16/h3-11H,12H2,1-2H3,(H,21,23)/b20-11-. The molecule has 2 aromatic carbocycles. The maximum Gasteiger partial charge on any atom is 0.337 e. The van der Waals surface area contributed by atoms with Crippen LogP contribution in [0, 0.1) is 0 Å². The second-order valence-corrected chi connectivity index (χ2v) is 8.00. The fourth-order valence-corrected chi connectivity index (χ4v) is 3.16. The topological polar surface area (TPSA) is 105 Å². The van der Waals surface area contributed by atoms with E-state index in [1.54, 1.807) is 24.3 Å². The quantitative estimate of drug-likeness (QED) is 0.417. The van der Waals surface area contributed by atoms with Crippen molar-refractivity contribution in [1.82, 2.24) is 5.43 Å². The number of nitrogens with zero attached hydrogens (tertiary/aromatic N) is 2. The summed E-state index contributed by atoms with van der Waals surface area (Å²) in [5.74, 6) is -1.08. The lowest BCUT2D eigenvalue weighted by Crippen LogP contribution is -2.38. The molecule has 0 heterocycles. The Hall–Kier alpha value is -2.91. The highest BCUT2D eigenvalue weighted by atomic mass is 35.5. The number of hydrazone groups is 1. The molecule has 148 valence electrons. The number of hydrogen-bond donors (Lipinski definition) is 1. The van der Waals surface area contributed by atoms with Gasteiger partial charge in [0.05, 0.1) is 30.8 Å². The molecular weight excluding hydrogens is 406 g/mol. The van der Waals surface area contributed by atoms with Gasteiger partial charge in [-0.3, -0.25) is 9.10 Å². The zero-order chi connectivity index (χ0) is 20.7. The molecule has 0 fully saturated rings. The molecule has 1 N–H and O–H groups in total. The molecule has 0 spiro atoms. The van der Waals surface area contributed by atoms with Crippen LogP contribution in [0.5, 0.6) is 0 Å². The molecule has 2 rings (SSSR count). The lowest BCUT2D eigenvalue weighted by molar-refractivity contribution is -0.119. The summed E-state index contributed by atoms with van der Waals surface area (Å²) in [5.41, 5.74) is 3.59. The van der Waals surface area contributed by atoms with E-state index in [9.17, 15) is 18.0 Å². The van der Waals surface area contributed by atoms with Gasteiger partial charge in [-0.15, -0.1) is 0 Å². The van der Waals surface area contributed by atoms with E-state index in [-0.39, 0.29) is 0 Å². The van der Waals surface area contributed by atoms with Gasteiger partial charge in [0.1, 0.15) is 6.54 Å². The second-order valence-electron chi connectivity index (χ2n) is 5.65. The Bertz CT molecular complexity index is 973. The fourth-order valence-electron chi connectivity index (χ4n) is 2.18. The molecule has 8 nitrogen and oxygen atoms in total. The van der Waals surface area contributed by atoms with Crippen molar-refractivity contribution in [3.8, 4) is 0 Å². The Morgan fingerprint density at radius 1 is 1.14 bits per heavy atom. The third kappa shape index (κ3) is 6.07. The van der Waals surface area contributed by atoms with Crippen LogP contribution in [0.15, 0.2) is 53.6 Å². The number of hydrogen-bond acceptors (Lipinski definition) is 6. The Kier molecular flexibility index (Phi) is 7.13. The smallest absolute Gasteiger partial charge is 0.337 e. The van der Waals surface area contributed by atoms with E-state index >= 15 is 0 Å². The van der Waals surface area contributed by atoms with Gasteiger partial charge in [-0.1, -0.05) is 23.7 Å². The monoisotopic (exact) mass is 423 g/mol. The Labute approximate surface area is 167 Å². The maximum absolute atomic E-state index is 12.1. The van der Waals surface area contributed by atoms with Crippen molar-refractivity contribution in [3.05, 3.63) is 64.7 Å². The number of methoxy groups -OCH3 is 1. The number of nitrogens with one attached hydrogen (secondary N) is 1. The summed E-state index contributed by atoms with van der Waals surface area (Å²) in [6, 6.07) is 12.4. The third-order valence-corrected chi connectivity index (χ3v) is 4.93. The number of esters is 1. The van der Waals surface area contributed by atoms with Crippen molar-refractivity contribution in [1.29, 1.82) is 0 Å². The van der Waals surface area contributed by atoms with Crippen LogP contribution in [-0.4, -0.2) is 46.4 Å². The second kappa shape index (κ2) is 9.34. The summed E-state index contributed by atoms with van der Waals surface area (Å²) in [6.07, 6.45) is 2.37. The van der Waals surface area contributed by atoms with Gasteiger partial charge in [-0.25, -0.2) is 18.6 Å². The highest BCUT2D eigenvalue weighted by Gasteiger charge is 2.20. The van der Waals surface area contributed by atoms with Crippen LogP contribution in [-0.2, 0) is 19.6 Å². The van der Waals surface area contributed by atoms with Crippen LogP contribution in [0.3, 0.4) is 0 Å². The predicted octanol–water partition coefficient (Wildman–Crippen LogP) is 2.04. The summed E-state index contributed by atoms with van der Waals surface area (Å²) >= 11 is 5.81. The molecule has 1 amide bonds. The number of amides is 1. The van der Waals surface area contributed by atoms with Crippen molar-refractivity contribution in [3.63, 3.8) is 0 Å². The van der Waals surface area contributed by atoms with E-state index in [2.05, 4.69) is 15.3 Å². The molecule has 0 saturated heterocycles. The zero-order valence-corrected chi connectivity index (χ0v) is 16.7. The lowest BCUT2D eigenvalue weighted by Gasteiger charge is -2.21. The molecule has 2 aromatic rings. The molecule has 0 aliphatic heterocycles. The number of carbonyl (C=O) groups is 2. The molecule has 0 atom stereocenters. The van der Waals surface area contributed by atoms with Crippen molar-refractivity contribution >= 4 is 45.4 Å². The highest BCUT2D eigenvalue weighted by Crippen LogP contribution is 2.20. The molecule has 0 aliphatic rings. The van der Waals surface area contributed by atoms with Crippen molar-refractivity contribution in [2.75, 3.05) is 24.2 Å². The molecule has 10 heteroatoms. The normalized spacial score (nSPS) is 11.2.